The van der Waals surface area contributed by atoms with Crippen LogP contribution in [0.1, 0.15) is 15.2 Å². The number of halogens is 1. The van der Waals surface area contributed by atoms with Gasteiger partial charge in [0.05, 0.1) is 18.7 Å². The van der Waals surface area contributed by atoms with Crippen molar-refractivity contribution in [3.8, 4) is 0 Å². The van der Waals surface area contributed by atoms with Gasteiger partial charge in [0.1, 0.15) is 11.4 Å². The molecule has 3 aromatic rings. The SMILES string of the molecule is O=C(c1c[nH]c2c(F)cccc2c1=O)N(CCO)Cc1cccs1. The predicted molar refractivity (Wildman–Crippen MR) is 90.7 cm³/mol. The van der Waals surface area contributed by atoms with E-state index in [2.05, 4.69) is 4.98 Å². The first kappa shape index (κ1) is 16.4. The van der Waals surface area contributed by atoms with E-state index in [9.17, 15) is 19.1 Å². The molecular weight excluding hydrogens is 331 g/mol. The lowest BCUT2D eigenvalue weighted by molar-refractivity contribution is 0.0708. The number of carbonyl (C=O) groups is 1. The molecule has 2 heterocycles. The van der Waals surface area contributed by atoms with E-state index in [-0.39, 0.29) is 29.6 Å². The summed E-state index contributed by atoms with van der Waals surface area (Å²) in [5, 5.41) is 11.2. The molecule has 1 amide bonds. The highest BCUT2D eigenvalue weighted by molar-refractivity contribution is 7.09. The van der Waals surface area contributed by atoms with Gasteiger partial charge in [0, 0.05) is 23.0 Å². The van der Waals surface area contributed by atoms with Gasteiger partial charge in [-0.15, -0.1) is 11.3 Å². The lowest BCUT2D eigenvalue weighted by Gasteiger charge is -2.21. The number of benzene rings is 1. The van der Waals surface area contributed by atoms with Crippen LogP contribution in [0.3, 0.4) is 0 Å². The highest BCUT2D eigenvalue weighted by Gasteiger charge is 2.20. The molecule has 2 aromatic heterocycles. The third kappa shape index (κ3) is 3.08. The number of H-pyrrole nitrogens is 1. The van der Waals surface area contributed by atoms with Gasteiger partial charge in [-0.2, -0.15) is 0 Å². The minimum Gasteiger partial charge on any atom is -0.395 e. The van der Waals surface area contributed by atoms with E-state index in [1.807, 2.05) is 17.5 Å². The molecular formula is C17H15FN2O3S. The Morgan fingerprint density at radius 3 is 2.83 bits per heavy atom. The molecule has 2 N–H and O–H groups in total. The second-order valence-electron chi connectivity index (χ2n) is 5.22. The molecule has 0 bridgehead atoms. The predicted octanol–water partition coefficient (Wildman–Crippen LogP) is 2.36. The number of hydrogen-bond donors (Lipinski definition) is 2. The number of thiophene rings is 1. The Bertz CT molecular complexity index is 921. The number of carbonyl (C=O) groups excluding carboxylic acids is 1. The van der Waals surface area contributed by atoms with Crippen molar-refractivity contribution in [2.24, 2.45) is 0 Å². The lowest BCUT2D eigenvalue weighted by Crippen LogP contribution is -2.35. The molecule has 0 aliphatic heterocycles. The number of aromatic amines is 1. The number of rotatable bonds is 5. The monoisotopic (exact) mass is 346 g/mol. The summed E-state index contributed by atoms with van der Waals surface area (Å²) in [6.45, 7) is 0.201. The molecule has 0 radical (unpaired) electrons. The molecule has 0 saturated heterocycles. The van der Waals surface area contributed by atoms with Crippen molar-refractivity contribution >= 4 is 28.1 Å². The van der Waals surface area contributed by atoms with Crippen LogP contribution in [0, 0.1) is 5.82 Å². The molecule has 0 saturated carbocycles. The molecule has 5 nitrogen and oxygen atoms in total. The van der Waals surface area contributed by atoms with Crippen molar-refractivity contribution in [2.45, 2.75) is 6.54 Å². The number of aliphatic hydroxyl groups excluding tert-OH is 1. The van der Waals surface area contributed by atoms with Gasteiger partial charge >= 0.3 is 0 Å². The van der Waals surface area contributed by atoms with E-state index in [0.717, 1.165) is 4.88 Å². The van der Waals surface area contributed by atoms with Crippen LogP contribution in [0.4, 0.5) is 4.39 Å². The second kappa shape index (κ2) is 6.94. The number of hydrogen-bond acceptors (Lipinski definition) is 4. The zero-order chi connectivity index (χ0) is 17.1. The number of aromatic nitrogens is 1. The molecule has 124 valence electrons. The van der Waals surface area contributed by atoms with Gasteiger partial charge in [-0.05, 0) is 23.6 Å². The van der Waals surface area contributed by atoms with Gasteiger partial charge in [0.2, 0.25) is 5.43 Å². The summed E-state index contributed by atoms with van der Waals surface area (Å²) >= 11 is 1.49. The maximum atomic E-state index is 13.7. The van der Waals surface area contributed by atoms with Crippen LogP contribution in [0.25, 0.3) is 10.9 Å². The smallest absolute Gasteiger partial charge is 0.259 e. The van der Waals surface area contributed by atoms with Gasteiger partial charge < -0.3 is 15.0 Å². The van der Waals surface area contributed by atoms with Crippen LogP contribution >= 0.6 is 11.3 Å². The molecule has 1 aromatic carbocycles. The van der Waals surface area contributed by atoms with E-state index in [1.54, 1.807) is 0 Å². The van der Waals surface area contributed by atoms with E-state index in [4.69, 9.17) is 0 Å². The Balaban J connectivity index is 1.99. The summed E-state index contributed by atoms with van der Waals surface area (Å²) < 4.78 is 13.7. The fourth-order valence-corrected chi connectivity index (χ4v) is 3.23. The number of para-hydroxylation sites is 1. The summed E-state index contributed by atoms with van der Waals surface area (Å²) in [6, 6.07) is 7.89. The normalized spacial score (nSPS) is 10.9. The average molecular weight is 346 g/mol. The van der Waals surface area contributed by atoms with E-state index >= 15 is 0 Å². The number of nitrogens with one attached hydrogen (secondary N) is 1. The van der Waals surface area contributed by atoms with Crippen LogP contribution < -0.4 is 5.43 Å². The third-order valence-electron chi connectivity index (χ3n) is 3.68. The van der Waals surface area contributed by atoms with E-state index in [0.29, 0.717) is 6.54 Å². The van der Waals surface area contributed by atoms with E-state index < -0.39 is 17.2 Å². The van der Waals surface area contributed by atoms with Gasteiger partial charge in [0.25, 0.3) is 5.91 Å². The third-order valence-corrected chi connectivity index (χ3v) is 4.54. The van der Waals surface area contributed by atoms with Crippen LogP contribution in [0.15, 0.2) is 46.7 Å². The van der Waals surface area contributed by atoms with Crippen LogP contribution in [0.5, 0.6) is 0 Å². The summed E-state index contributed by atoms with van der Waals surface area (Å²) in [5.74, 6) is -1.04. The van der Waals surface area contributed by atoms with Crippen LogP contribution in [0.2, 0.25) is 0 Å². The largest absolute Gasteiger partial charge is 0.395 e. The van der Waals surface area contributed by atoms with Crippen molar-refractivity contribution in [3.05, 3.63) is 68.4 Å². The number of nitrogens with zero attached hydrogens (tertiary/aromatic N) is 1. The number of amides is 1. The molecule has 0 fully saturated rings. The summed E-state index contributed by atoms with van der Waals surface area (Å²) in [5.41, 5.74) is -0.522. The van der Waals surface area contributed by atoms with Crippen molar-refractivity contribution in [1.82, 2.24) is 9.88 Å². The van der Waals surface area contributed by atoms with Gasteiger partial charge in [0.15, 0.2) is 0 Å². The Labute approximate surface area is 141 Å². The summed E-state index contributed by atoms with van der Waals surface area (Å²) in [4.78, 5) is 30.3. The zero-order valence-corrected chi connectivity index (χ0v) is 13.5. The minimum atomic E-state index is -0.547. The molecule has 24 heavy (non-hydrogen) atoms. The van der Waals surface area contributed by atoms with Crippen LogP contribution in [-0.4, -0.2) is 34.0 Å². The molecule has 7 heteroatoms. The number of fused-ring (bicyclic) bond motifs is 1. The lowest BCUT2D eigenvalue weighted by atomic mass is 10.1. The topological polar surface area (TPSA) is 73.4 Å². The Hall–Kier alpha value is -2.51. The molecule has 0 aliphatic carbocycles. The first-order chi connectivity index (χ1) is 11.6. The maximum absolute atomic E-state index is 13.7. The minimum absolute atomic E-state index is 0.0712. The highest BCUT2D eigenvalue weighted by atomic mass is 32.1. The zero-order valence-electron chi connectivity index (χ0n) is 12.7. The standard InChI is InChI=1S/C17H15FN2O3S/c18-14-5-1-4-12-15(14)19-9-13(16(12)22)17(23)20(6-7-21)10-11-3-2-8-24-11/h1-5,8-9,21H,6-7,10H2,(H,19,22). The molecule has 0 spiro atoms. The van der Waals surface area contributed by atoms with Gasteiger partial charge in [-0.3, -0.25) is 9.59 Å². The van der Waals surface area contributed by atoms with E-state index in [1.165, 1.54) is 40.6 Å². The summed E-state index contributed by atoms with van der Waals surface area (Å²) in [6.07, 6.45) is 1.23. The average Bonchev–Trinajstić information content (AvgIpc) is 3.08. The van der Waals surface area contributed by atoms with Crippen molar-refractivity contribution in [2.75, 3.05) is 13.2 Å². The Morgan fingerprint density at radius 2 is 2.12 bits per heavy atom. The number of aliphatic hydroxyl groups is 1. The molecule has 0 unspecified atom stereocenters. The quantitative estimate of drug-likeness (QED) is 0.745. The first-order valence-corrected chi connectivity index (χ1v) is 8.22. The fourth-order valence-electron chi connectivity index (χ4n) is 2.51. The Morgan fingerprint density at radius 1 is 1.29 bits per heavy atom. The van der Waals surface area contributed by atoms with Crippen molar-refractivity contribution < 1.29 is 14.3 Å². The Kier molecular flexibility index (Phi) is 4.73. The van der Waals surface area contributed by atoms with Crippen molar-refractivity contribution in [3.63, 3.8) is 0 Å². The molecule has 0 aliphatic rings. The van der Waals surface area contributed by atoms with Gasteiger partial charge in [-0.1, -0.05) is 12.1 Å². The van der Waals surface area contributed by atoms with Crippen LogP contribution in [-0.2, 0) is 6.54 Å². The van der Waals surface area contributed by atoms with Crippen molar-refractivity contribution in [1.29, 1.82) is 0 Å². The first-order valence-electron chi connectivity index (χ1n) is 7.34. The fraction of sp³-hybridized carbons (Fsp3) is 0.176. The summed E-state index contributed by atoms with van der Waals surface area (Å²) in [7, 11) is 0. The highest BCUT2D eigenvalue weighted by Crippen LogP contribution is 2.15. The molecule has 0 atom stereocenters. The molecule has 3 rings (SSSR count). The van der Waals surface area contributed by atoms with Gasteiger partial charge in [-0.25, -0.2) is 4.39 Å². The second-order valence-corrected chi connectivity index (χ2v) is 6.26. The number of pyridine rings is 1. The maximum Gasteiger partial charge on any atom is 0.259 e.